The van der Waals surface area contributed by atoms with Gasteiger partial charge in [-0.1, -0.05) is 17.4 Å². The Balaban J connectivity index is 1.47. The smallest absolute Gasteiger partial charge is 0.286 e. The minimum atomic E-state index is -0.424. The van der Waals surface area contributed by atoms with Gasteiger partial charge in [-0.25, -0.2) is 4.39 Å². The Kier molecular flexibility index (Phi) is 4.20. The average Bonchev–Trinajstić information content (AvgIpc) is 3.12. The second-order valence-electron chi connectivity index (χ2n) is 6.37. The Morgan fingerprint density at radius 3 is 2.84 bits per heavy atom. The zero-order valence-electron chi connectivity index (χ0n) is 13.4. The van der Waals surface area contributed by atoms with Gasteiger partial charge >= 0.3 is 0 Å². The SMILES string of the molecule is O=C(Nc1cccc(F)c1)c1nnc([C@@H]2CCCN2C(=O)C2CC2)s1. The molecule has 1 aliphatic carbocycles. The van der Waals surface area contributed by atoms with Gasteiger partial charge in [0.25, 0.3) is 5.91 Å². The van der Waals surface area contributed by atoms with E-state index < -0.39 is 11.7 Å². The second-order valence-corrected chi connectivity index (χ2v) is 7.38. The maximum Gasteiger partial charge on any atom is 0.286 e. The highest BCUT2D eigenvalue weighted by Gasteiger charge is 2.40. The third-order valence-corrected chi connectivity index (χ3v) is 5.49. The summed E-state index contributed by atoms with van der Waals surface area (Å²) in [7, 11) is 0. The number of benzene rings is 1. The number of anilines is 1. The summed E-state index contributed by atoms with van der Waals surface area (Å²) in [6.45, 7) is 0.740. The van der Waals surface area contributed by atoms with Crippen molar-refractivity contribution in [2.45, 2.75) is 31.7 Å². The third-order valence-electron chi connectivity index (χ3n) is 4.46. The van der Waals surface area contributed by atoms with E-state index in [2.05, 4.69) is 15.5 Å². The standard InChI is InChI=1S/C17H17FN4O2S/c18-11-3-1-4-12(9-11)19-14(23)16-21-20-15(25-16)13-5-2-8-22(13)17(24)10-6-7-10/h1,3-4,9-10,13H,2,5-8H2,(H,19,23)/t13-/m0/s1. The van der Waals surface area contributed by atoms with Crippen molar-refractivity contribution in [1.29, 1.82) is 0 Å². The summed E-state index contributed by atoms with van der Waals surface area (Å²) in [4.78, 5) is 26.5. The topological polar surface area (TPSA) is 75.2 Å². The van der Waals surface area contributed by atoms with E-state index >= 15 is 0 Å². The molecule has 1 aromatic heterocycles. The monoisotopic (exact) mass is 360 g/mol. The molecule has 2 fully saturated rings. The zero-order chi connectivity index (χ0) is 17.4. The normalized spacial score (nSPS) is 19.9. The van der Waals surface area contributed by atoms with Crippen LogP contribution < -0.4 is 5.32 Å². The molecule has 1 saturated carbocycles. The quantitative estimate of drug-likeness (QED) is 0.909. The molecular weight excluding hydrogens is 343 g/mol. The van der Waals surface area contributed by atoms with Crippen molar-refractivity contribution in [3.8, 4) is 0 Å². The Hall–Kier alpha value is -2.35. The summed E-state index contributed by atoms with van der Waals surface area (Å²) in [5, 5.41) is 11.6. The third kappa shape index (κ3) is 3.39. The lowest BCUT2D eigenvalue weighted by atomic mass is 10.2. The molecule has 1 N–H and O–H groups in total. The lowest BCUT2D eigenvalue weighted by Crippen LogP contribution is -2.31. The van der Waals surface area contributed by atoms with Gasteiger partial charge < -0.3 is 10.2 Å². The number of aromatic nitrogens is 2. The lowest BCUT2D eigenvalue weighted by molar-refractivity contribution is -0.133. The molecule has 1 aromatic carbocycles. The van der Waals surface area contributed by atoms with E-state index in [-0.39, 0.29) is 22.9 Å². The van der Waals surface area contributed by atoms with Crippen LogP contribution in [0.2, 0.25) is 0 Å². The van der Waals surface area contributed by atoms with Crippen molar-refractivity contribution in [2.24, 2.45) is 5.92 Å². The molecule has 2 heterocycles. The molecule has 2 aliphatic rings. The van der Waals surface area contributed by atoms with Gasteiger partial charge in [-0.15, -0.1) is 10.2 Å². The molecule has 2 aromatic rings. The number of carbonyl (C=O) groups excluding carboxylic acids is 2. The molecule has 130 valence electrons. The number of likely N-dealkylation sites (tertiary alicyclic amines) is 1. The van der Waals surface area contributed by atoms with E-state index in [1.807, 2.05) is 4.90 Å². The van der Waals surface area contributed by atoms with Crippen LogP contribution in [0.1, 0.15) is 46.5 Å². The molecule has 1 atom stereocenters. The van der Waals surface area contributed by atoms with Crippen molar-refractivity contribution >= 4 is 28.8 Å². The highest BCUT2D eigenvalue weighted by molar-refractivity contribution is 7.13. The minimum absolute atomic E-state index is 0.0821. The molecule has 1 aliphatic heterocycles. The van der Waals surface area contributed by atoms with Crippen molar-refractivity contribution < 1.29 is 14.0 Å². The van der Waals surface area contributed by atoms with Gasteiger partial charge in [0.05, 0.1) is 6.04 Å². The maximum atomic E-state index is 13.2. The van der Waals surface area contributed by atoms with E-state index in [1.165, 1.54) is 29.5 Å². The Morgan fingerprint density at radius 2 is 2.08 bits per heavy atom. The van der Waals surface area contributed by atoms with Crippen molar-refractivity contribution in [2.75, 3.05) is 11.9 Å². The van der Waals surface area contributed by atoms with Crippen LogP contribution in [0.15, 0.2) is 24.3 Å². The molecular formula is C17H17FN4O2S. The van der Waals surface area contributed by atoms with Crippen LogP contribution >= 0.6 is 11.3 Å². The van der Waals surface area contributed by atoms with Crippen LogP contribution in [-0.2, 0) is 4.79 Å². The summed E-state index contributed by atoms with van der Waals surface area (Å²) in [6.07, 6.45) is 3.73. The molecule has 1 saturated heterocycles. The van der Waals surface area contributed by atoms with Gasteiger partial charge in [0.1, 0.15) is 10.8 Å². The summed E-state index contributed by atoms with van der Waals surface area (Å²) in [5.74, 6) is -0.476. The second kappa shape index (κ2) is 6.51. The van der Waals surface area contributed by atoms with Gasteiger partial charge in [0.15, 0.2) is 0 Å². The fourth-order valence-electron chi connectivity index (χ4n) is 3.06. The number of nitrogens with zero attached hydrogens (tertiary/aromatic N) is 3. The lowest BCUT2D eigenvalue weighted by Gasteiger charge is -2.22. The van der Waals surface area contributed by atoms with E-state index in [1.54, 1.807) is 6.07 Å². The molecule has 4 rings (SSSR count). The van der Waals surface area contributed by atoms with Gasteiger partial charge in [0, 0.05) is 18.2 Å². The Bertz CT molecular complexity index is 820. The zero-order valence-corrected chi connectivity index (χ0v) is 14.3. The van der Waals surface area contributed by atoms with Crippen LogP contribution in [0.25, 0.3) is 0 Å². The fourth-order valence-corrected chi connectivity index (χ4v) is 3.95. The predicted molar refractivity (Wildman–Crippen MR) is 90.7 cm³/mol. The van der Waals surface area contributed by atoms with Crippen LogP contribution in [0.5, 0.6) is 0 Å². The molecule has 25 heavy (non-hydrogen) atoms. The van der Waals surface area contributed by atoms with E-state index in [0.29, 0.717) is 10.7 Å². The number of halogens is 1. The first-order valence-electron chi connectivity index (χ1n) is 8.32. The van der Waals surface area contributed by atoms with E-state index in [9.17, 15) is 14.0 Å². The summed E-state index contributed by atoms with van der Waals surface area (Å²) >= 11 is 1.19. The summed E-state index contributed by atoms with van der Waals surface area (Å²) in [6, 6.07) is 5.60. The number of rotatable bonds is 4. The highest BCUT2D eigenvalue weighted by Crippen LogP contribution is 2.39. The first kappa shape index (κ1) is 16.1. The minimum Gasteiger partial charge on any atom is -0.333 e. The number of hydrogen-bond donors (Lipinski definition) is 1. The molecule has 6 nitrogen and oxygen atoms in total. The largest absolute Gasteiger partial charge is 0.333 e. The van der Waals surface area contributed by atoms with Crippen molar-refractivity contribution in [3.05, 3.63) is 40.1 Å². The average molecular weight is 360 g/mol. The number of amides is 2. The van der Waals surface area contributed by atoms with Crippen molar-refractivity contribution in [1.82, 2.24) is 15.1 Å². The summed E-state index contributed by atoms with van der Waals surface area (Å²) < 4.78 is 13.2. The molecule has 0 spiro atoms. The van der Waals surface area contributed by atoms with Crippen molar-refractivity contribution in [3.63, 3.8) is 0 Å². The first-order chi connectivity index (χ1) is 12.1. The number of nitrogens with one attached hydrogen (secondary N) is 1. The van der Waals surface area contributed by atoms with Gasteiger partial charge in [-0.3, -0.25) is 9.59 Å². The van der Waals surface area contributed by atoms with Gasteiger partial charge in [0.2, 0.25) is 10.9 Å². The predicted octanol–water partition coefficient (Wildman–Crippen LogP) is 3.00. The highest BCUT2D eigenvalue weighted by atomic mass is 32.1. The van der Waals surface area contributed by atoms with Crippen LogP contribution in [0.3, 0.4) is 0 Å². The molecule has 0 unspecified atom stereocenters. The van der Waals surface area contributed by atoms with E-state index in [0.717, 1.165) is 32.2 Å². The Morgan fingerprint density at radius 1 is 1.24 bits per heavy atom. The van der Waals surface area contributed by atoms with Gasteiger partial charge in [-0.2, -0.15) is 0 Å². The van der Waals surface area contributed by atoms with Crippen LogP contribution in [0.4, 0.5) is 10.1 Å². The summed E-state index contributed by atoms with van der Waals surface area (Å²) in [5.41, 5.74) is 0.369. The number of hydrogen-bond acceptors (Lipinski definition) is 5. The molecule has 0 radical (unpaired) electrons. The number of carbonyl (C=O) groups is 2. The van der Waals surface area contributed by atoms with Crippen LogP contribution in [0, 0.1) is 11.7 Å². The Labute approximate surface area is 148 Å². The first-order valence-corrected chi connectivity index (χ1v) is 9.14. The van der Waals surface area contributed by atoms with Crippen LogP contribution in [-0.4, -0.2) is 33.5 Å². The fraction of sp³-hybridized carbons (Fsp3) is 0.412. The molecule has 2 amide bonds. The molecule has 0 bridgehead atoms. The maximum absolute atomic E-state index is 13.2. The van der Waals surface area contributed by atoms with E-state index in [4.69, 9.17) is 0 Å². The van der Waals surface area contributed by atoms with Gasteiger partial charge in [-0.05, 0) is 43.9 Å². The molecule has 8 heteroatoms.